The summed E-state index contributed by atoms with van der Waals surface area (Å²) in [5, 5.41) is 15.6. The number of hydrazone groups is 1. The van der Waals surface area contributed by atoms with E-state index in [1.165, 1.54) is 12.3 Å². The van der Waals surface area contributed by atoms with Crippen molar-refractivity contribution in [1.82, 2.24) is 0 Å². The van der Waals surface area contributed by atoms with Crippen LogP contribution >= 0.6 is 23.2 Å². The van der Waals surface area contributed by atoms with E-state index >= 15 is 0 Å². The molecule has 0 aliphatic heterocycles. The Morgan fingerprint density at radius 3 is 2.65 bits per heavy atom. The van der Waals surface area contributed by atoms with Crippen molar-refractivity contribution >= 4 is 40.8 Å². The molecule has 0 amide bonds. The van der Waals surface area contributed by atoms with Crippen molar-refractivity contribution in [1.29, 1.82) is 0 Å². The van der Waals surface area contributed by atoms with Gasteiger partial charge in [0.2, 0.25) is 0 Å². The number of nitro benzene ring substituents is 1. The van der Waals surface area contributed by atoms with Crippen molar-refractivity contribution in [2.45, 2.75) is 0 Å². The van der Waals surface area contributed by atoms with Crippen LogP contribution in [-0.4, -0.2) is 11.1 Å². The maximum Gasteiger partial charge on any atom is 0.294 e. The van der Waals surface area contributed by atoms with E-state index in [1.54, 1.807) is 36.4 Å². The number of nitro groups is 1. The normalized spacial score (nSPS) is 10.7. The zero-order valence-corrected chi connectivity index (χ0v) is 11.6. The molecule has 0 heterocycles. The molecule has 0 saturated carbocycles. The van der Waals surface area contributed by atoms with Gasteiger partial charge in [0.15, 0.2) is 0 Å². The van der Waals surface area contributed by atoms with E-state index in [4.69, 9.17) is 23.2 Å². The van der Waals surface area contributed by atoms with Gasteiger partial charge in [0.05, 0.1) is 21.2 Å². The van der Waals surface area contributed by atoms with Gasteiger partial charge in [-0.2, -0.15) is 5.10 Å². The van der Waals surface area contributed by atoms with Crippen LogP contribution < -0.4 is 5.43 Å². The number of hydrogen-bond donors (Lipinski definition) is 1. The second-order valence-electron chi connectivity index (χ2n) is 3.79. The zero-order valence-electron chi connectivity index (χ0n) is 10.1. The van der Waals surface area contributed by atoms with Crippen LogP contribution in [0.4, 0.5) is 11.4 Å². The Hall–Kier alpha value is -2.11. The number of halogens is 2. The minimum atomic E-state index is -0.482. The van der Waals surface area contributed by atoms with Gasteiger partial charge in [0, 0.05) is 11.6 Å². The van der Waals surface area contributed by atoms with Gasteiger partial charge < -0.3 is 0 Å². The number of hydrogen-bond acceptors (Lipinski definition) is 4. The Morgan fingerprint density at radius 1 is 1.15 bits per heavy atom. The summed E-state index contributed by atoms with van der Waals surface area (Å²) in [4.78, 5) is 10.3. The fourth-order valence-electron chi connectivity index (χ4n) is 1.52. The number of benzene rings is 2. The third-order valence-electron chi connectivity index (χ3n) is 2.47. The van der Waals surface area contributed by atoms with E-state index in [1.807, 2.05) is 0 Å². The second kappa shape index (κ2) is 6.36. The van der Waals surface area contributed by atoms with Gasteiger partial charge in [0.25, 0.3) is 5.69 Å². The Balaban J connectivity index is 2.19. The quantitative estimate of drug-likeness (QED) is 0.518. The first-order chi connectivity index (χ1) is 9.59. The summed E-state index contributed by atoms with van der Waals surface area (Å²) in [6.45, 7) is 0. The molecule has 0 aliphatic carbocycles. The molecule has 0 unspecified atom stereocenters. The van der Waals surface area contributed by atoms with Gasteiger partial charge in [0.1, 0.15) is 5.69 Å². The minimum absolute atomic E-state index is 0.0539. The standard InChI is InChI=1S/C13H9Cl2N3O2/c14-10-5-3-4-9(13(10)15)8-16-17-11-6-1-2-7-12(11)18(19)20/h1-8,17H/b16-8-. The lowest BCUT2D eigenvalue weighted by Crippen LogP contribution is -1.96. The Morgan fingerprint density at radius 2 is 1.90 bits per heavy atom. The van der Waals surface area contributed by atoms with Crippen molar-refractivity contribution in [2.75, 3.05) is 5.43 Å². The van der Waals surface area contributed by atoms with Crippen molar-refractivity contribution in [3.63, 3.8) is 0 Å². The fraction of sp³-hybridized carbons (Fsp3) is 0. The molecule has 0 spiro atoms. The van der Waals surface area contributed by atoms with Crippen LogP contribution in [0.15, 0.2) is 47.6 Å². The molecule has 1 N–H and O–H groups in total. The Labute approximate surface area is 125 Å². The van der Waals surface area contributed by atoms with Crippen molar-refractivity contribution in [2.24, 2.45) is 5.10 Å². The zero-order chi connectivity index (χ0) is 14.5. The molecule has 2 rings (SSSR count). The Bertz CT molecular complexity index is 674. The lowest BCUT2D eigenvalue weighted by atomic mass is 10.2. The molecule has 7 heteroatoms. The number of anilines is 1. The molecule has 0 saturated heterocycles. The van der Waals surface area contributed by atoms with Crippen LogP contribution in [0.25, 0.3) is 0 Å². The van der Waals surface area contributed by atoms with Crippen molar-refractivity contribution in [3.8, 4) is 0 Å². The van der Waals surface area contributed by atoms with E-state index in [9.17, 15) is 10.1 Å². The third-order valence-corrected chi connectivity index (χ3v) is 3.30. The molecule has 2 aromatic carbocycles. The summed E-state index contributed by atoms with van der Waals surface area (Å²) >= 11 is 11.9. The largest absolute Gasteiger partial charge is 0.294 e. The lowest BCUT2D eigenvalue weighted by Gasteiger charge is -2.02. The number of nitrogens with zero attached hydrogens (tertiary/aromatic N) is 2. The molecule has 0 aliphatic rings. The average Bonchev–Trinajstić information content (AvgIpc) is 2.44. The van der Waals surface area contributed by atoms with Crippen LogP contribution in [0.3, 0.4) is 0 Å². The van der Waals surface area contributed by atoms with Gasteiger partial charge in [-0.25, -0.2) is 0 Å². The minimum Gasteiger partial charge on any atom is -0.272 e. The van der Waals surface area contributed by atoms with Gasteiger partial charge in [-0.15, -0.1) is 0 Å². The van der Waals surface area contributed by atoms with E-state index in [0.29, 0.717) is 21.3 Å². The number of para-hydroxylation sites is 2. The van der Waals surface area contributed by atoms with Crippen molar-refractivity contribution in [3.05, 3.63) is 68.2 Å². The molecule has 102 valence electrons. The molecule has 20 heavy (non-hydrogen) atoms. The molecule has 0 radical (unpaired) electrons. The van der Waals surface area contributed by atoms with E-state index < -0.39 is 4.92 Å². The molecule has 0 fully saturated rings. The van der Waals surface area contributed by atoms with Crippen LogP contribution in [0.5, 0.6) is 0 Å². The number of rotatable bonds is 4. The summed E-state index contributed by atoms with van der Waals surface area (Å²) in [5.74, 6) is 0. The second-order valence-corrected chi connectivity index (χ2v) is 4.57. The summed E-state index contributed by atoms with van der Waals surface area (Å²) in [6, 6.07) is 11.4. The molecular weight excluding hydrogens is 301 g/mol. The van der Waals surface area contributed by atoms with E-state index in [0.717, 1.165) is 0 Å². The highest BCUT2D eigenvalue weighted by Gasteiger charge is 2.11. The lowest BCUT2D eigenvalue weighted by molar-refractivity contribution is -0.384. The average molecular weight is 310 g/mol. The Kier molecular flexibility index (Phi) is 4.55. The van der Waals surface area contributed by atoms with Crippen LogP contribution in [-0.2, 0) is 0 Å². The molecule has 0 bridgehead atoms. The van der Waals surface area contributed by atoms with E-state index in [-0.39, 0.29) is 5.69 Å². The van der Waals surface area contributed by atoms with Crippen LogP contribution in [0, 0.1) is 10.1 Å². The highest BCUT2D eigenvalue weighted by Crippen LogP contribution is 2.25. The summed E-state index contributed by atoms with van der Waals surface area (Å²) in [5.41, 5.74) is 3.48. The monoisotopic (exact) mass is 309 g/mol. The summed E-state index contributed by atoms with van der Waals surface area (Å²) < 4.78 is 0. The fourth-order valence-corrected chi connectivity index (χ4v) is 1.88. The maximum atomic E-state index is 10.8. The van der Waals surface area contributed by atoms with Gasteiger partial charge in [-0.1, -0.05) is 47.5 Å². The molecule has 0 aromatic heterocycles. The third kappa shape index (κ3) is 3.26. The van der Waals surface area contributed by atoms with Crippen molar-refractivity contribution < 1.29 is 4.92 Å². The highest BCUT2D eigenvalue weighted by molar-refractivity contribution is 6.43. The SMILES string of the molecule is O=[N+]([O-])c1ccccc1N/N=C\c1cccc(Cl)c1Cl. The highest BCUT2D eigenvalue weighted by atomic mass is 35.5. The first kappa shape index (κ1) is 14.3. The predicted octanol–water partition coefficient (Wildman–Crippen LogP) is 4.35. The van der Waals surface area contributed by atoms with Crippen LogP contribution in [0.2, 0.25) is 10.0 Å². The predicted molar refractivity (Wildman–Crippen MR) is 80.8 cm³/mol. The van der Waals surface area contributed by atoms with Gasteiger partial charge in [-0.3, -0.25) is 15.5 Å². The smallest absolute Gasteiger partial charge is 0.272 e. The van der Waals surface area contributed by atoms with Gasteiger partial charge >= 0.3 is 0 Å². The molecule has 0 atom stereocenters. The first-order valence-electron chi connectivity index (χ1n) is 5.56. The topological polar surface area (TPSA) is 67.5 Å². The summed E-state index contributed by atoms with van der Waals surface area (Å²) in [7, 11) is 0. The first-order valence-corrected chi connectivity index (χ1v) is 6.31. The molecular formula is C13H9Cl2N3O2. The summed E-state index contributed by atoms with van der Waals surface area (Å²) in [6.07, 6.45) is 1.45. The number of nitrogens with one attached hydrogen (secondary N) is 1. The van der Waals surface area contributed by atoms with E-state index in [2.05, 4.69) is 10.5 Å². The maximum absolute atomic E-state index is 10.8. The van der Waals surface area contributed by atoms with Crippen LogP contribution in [0.1, 0.15) is 5.56 Å². The van der Waals surface area contributed by atoms with Gasteiger partial charge in [-0.05, 0) is 12.1 Å². The molecule has 2 aromatic rings. The molecule has 5 nitrogen and oxygen atoms in total.